The van der Waals surface area contributed by atoms with Gasteiger partial charge in [0.2, 0.25) is 11.7 Å². The van der Waals surface area contributed by atoms with Crippen molar-refractivity contribution < 1.29 is 18.3 Å². The number of hydrogen-bond donors (Lipinski definition) is 0. The second kappa shape index (κ2) is 9.83. The van der Waals surface area contributed by atoms with Crippen LogP contribution in [0.1, 0.15) is 30.7 Å². The first-order chi connectivity index (χ1) is 18.4. The fourth-order valence-corrected chi connectivity index (χ4v) is 5.26. The van der Waals surface area contributed by atoms with Gasteiger partial charge in [-0.1, -0.05) is 37.8 Å². The lowest BCUT2D eigenvalue weighted by Gasteiger charge is -2.20. The summed E-state index contributed by atoms with van der Waals surface area (Å²) in [7, 11) is -1.30. The van der Waals surface area contributed by atoms with Gasteiger partial charge in [0.15, 0.2) is 11.5 Å². The maximum atomic E-state index is 14.8. The van der Waals surface area contributed by atoms with Crippen LogP contribution < -0.4 is 4.90 Å². The molecule has 0 unspecified atom stereocenters. The van der Waals surface area contributed by atoms with E-state index in [0.29, 0.717) is 40.3 Å². The summed E-state index contributed by atoms with van der Waals surface area (Å²) in [5.41, 5.74) is 0.998. The van der Waals surface area contributed by atoms with Gasteiger partial charge in [-0.2, -0.15) is 5.10 Å². The Bertz CT molecular complexity index is 1580. The molecule has 1 amide bonds. The molecular weight excluding hydrogens is 520 g/mol. The average Bonchev–Trinajstić information content (AvgIpc) is 3.31. The van der Waals surface area contributed by atoms with E-state index in [1.54, 1.807) is 39.0 Å². The summed E-state index contributed by atoms with van der Waals surface area (Å²) in [5, 5.41) is 13.6. The zero-order valence-corrected chi connectivity index (χ0v) is 23.9. The van der Waals surface area contributed by atoms with Gasteiger partial charge < -0.3 is 4.74 Å². The lowest BCUT2D eigenvalue weighted by molar-refractivity contribution is -0.123. The van der Waals surface area contributed by atoms with Gasteiger partial charge in [0.05, 0.1) is 23.5 Å². The monoisotopic (exact) mass is 551 g/mol. The molecule has 0 atom stereocenters. The summed E-state index contributed by atoms with van der Waals surface area (Å²) in [6.07, 6.45) is 1.08. The predicted octanol–water partition coefficient (Wildman–Crippen LogP) is 4.85. The SMILES string of the molecule is Cc1cccc(Cn2nc(-c3nnc4c(n3)N(COCC[Si](C)(C)C)C(=O)C4(C)C)c3cc(F)cnc32)c1F. The minimum Gasteiger partial charge on any atom is -0.361 e. The highest BCUT2D eigenvalue weighted by Crippen LogP contribution is 2.39. The first kappa shape index (κ1) is 26.9. The summed E-state index contributed by atoms with van der Waals surface area (Å²) in [4.78, 5) is 23.6. The van der Waals surface area contributed by atoms with Crippen LogP contribution in [0.2, 0.25) is 25.7 Å². The van der Waals surface area contributed by atoms with Crippen molar-refractivity contribution in [2.45, 2.75) is 58.4 Å². The highest BCUT2D eigenvalue weighted by atomic mass is 28.3. The van der Waals surface area contributed by atoms with E-state index >= 15 is 0 Å². The Hall–Kier alpha value is -3.64. The zero-order valence-electron chi connectivity index (χ0n) is 22.9. The number of aromatic nitrogens is 6. The van der Waals surface area contributed by atoms with Crippen molar-refractivity contribution in [2.24, 2.45) is 0 Å². The third-order valence-electron chi connectivity index (χ3n) is 6.87. The number of carbonyl (C=O) groups is 1. The summed E-state index contributed by atoms with van der Waals surface area (Å²) >= 11 is 0. The van der Waals surface area contributed by atoms with Crippen molar-refractivity contribution in [3.05, 3.63) is 58.9 Å². The summed E-state index contributed by atoms with van der Waals surface area (Å²) in [6.45, 7) is 12.6. The molecule has 0 bridgehead atoms. The maximum absolute atomic E-state index is 14.8. The number of halogens is 2. The second-order valence-electron chi connectivity index (χ2n) is 11.6. The quantitative estimate of drug-likeness (QED) is 0.228. The summed E-state index contributed by atoms with van der Waals surface area (Å²) in [5.74, 6) is -0.659. The number of nitrogens with zero attached hydrogens (tertiary/aromatic N) is 7. The van der Waals surface area contributed by atoms with E-state index in [9.17, 15) is 13.6 Å². The molecule has 204 valence electrons. The van der Waals surface area contributed by atoms with Crippen molar-refractivity contribution in [1.82, 2.24) is 29.9 Å². The first-order valence-electron chi connectivity index (χ1n) is 12.8. The number of aryl methyl sites for hydroxylation is 1. The summed E-state index contributed by atoms with van der Waals surface area (Å²) < 4.78 is 36.4. The maximum Gasteiger partial charge on any atom is 0.242 e. The molecule has 3 aromatic heterocycles. The molecule has 5 rings (SSSR count). The number of benzene rings is 1. The highest BCUT2D eigenvalue weighted by Gasteiger charge is 2.47. The molecule has 9 nitrogen and oxygen atoms in total. The van der Waals surface area contributed by atoms with Crippen LogP contribution in [0.3, 0.4) is 0 Å². The Morgan fingerprint density at radius 3 is 2.64 bits per heavy atom. The molecule has 12 heteroatoms. The van der Waals surface area contributed by atoms with Gasteiger partial charge in [0.1, 0.15) is 29.8 Å². The van der Waals surface area contributed by atoms with E-state index < -0.39 is 19.3 Å². The van der Waals surface area contributed by atoms with Crippen LogP contribution in [-0.4, -0.2) is 57.3 Å². The number of hydrogen-bond acceptors (Lipinski definition) is 7. The molecule has 4 aromatic rings. The smallest absolute Gasteiger partial charge is 0.242 e. The lowest BCUT2D eigenvalue weighted by Crippen LogP contribution is -2.38. The molecule has 0 saturated carbocycles. The summed E-state index contributed by atoms with van der Waals surface area (Å²) in [6, 6.07) is 7.37. The fourth-order valence-electron chi connectivity index (χ4n) is 4.50. The third kappa shape index (κ3) is 5.05. The van der Waals surface area contributed by atoms with Crippen molar-refractivity contribution in [1.29, 1.82) is 0 Å². The zero-order chi connectivity index (χ0) is 28.1. The molecule has 1 aromatic carbocycles. The van der Waals surface area contributed by atoms with Gasteiger partial charge in [0.25, 0.3) is 0 Å². The van der Waals surface area contributed by atoms with E-state index in [-0.39, 0.29) is 36.5 Å². The van der Waals surface area contributed by atoms with Crippen molar-refractivity contribution in [2.75, 3.05) is 18.2 Å². The van der Waals surface area contributed by atoms with Crippen LogP contribution in [0.4, 0.5) is 14.6 Å². The Morgan fingerprint density at radius 2 is 1.90 bits per heavy atom. The molecule has 0 spiro atoms. The number of ether oxygens (including phenoxy) is 1. The standard InChI is InChI=1S/C27H31F2N7O2Si/c1-16-8-7-9-17(20(16)29)14-36-24-19(12-18(28)13-30-24)21(34-36)23-31-25-22(32-33-23)27(2,3)26(37)35(25)15-38-10-11-39(4,5)6/h7-9,12-13H,10-11,14-15H2,1-6H3. The van der Waals surface area contributed by atoms with Crippen LogP contribution in [0.5, 0.6) is 0 Å². The van der Waals surface area contributed by atoms with E-state index in [1.165, 1.54) is 15.6 Å². The molecule has 0 N–H and O–H groups in total. The van der Waals surface area contributed by atoms with Gasteiger partial charge in [-0.05, 0) is 38.4 Å². The van der Waals surface area contributed by atoms with Gasteiger partial charge in [-0.3, -0.25) is 9.69 Å². The molecular formula is C27H31F2N7O2Si. The van der Waals surface area contributed by atoms with Crippen LogP contribution in [0, 0.1) is 18.6 Å². The molecule has 0 saturated heterocycles. The fraction of sp³-hybridized carbons (Fsp3) is 0.407. The first-order valence-corrected chi connectivity index (χ1v) is 16.5. The molecule has 0 fully saturated rings. The van der Waals surface area contributed by atoms with E-state index in [2.05, 4.69) is 44.9 Å². The van der Waals surface area contributed by atoms with Crippen LogP contribution in [0.15, 0.2) is 30.5 Å². The van der Waals surface area contributed by atoms with Gasteiger partial charge in [-0.15, -0.1) is 10.2 Å². The van der Waals surface area contributed by atoms with Crippen LogP contribution >= 0.6 is 0 Å². The van der Waals surface area contributed by atoms with Crippen molar-refractivity contribution >= 4 is 30.8 Å². The number of carbonyl (C=O) groups excluding carboxylic acids is 1. The molecule has 39 heavy (non-hydrogen) atoms. The van der Waals surface area contributed by atoms with Crippen LogP contribution in [0.25, 0.3) is 22.6 Å². The van der Waals surface area contributed by atoms with E-state index in [4.69, 9.17) is 4.74 Å². The molecule has 1 aliphatic heterocycles. The van der Waals surface area contributed by atoms with Gasteiger partial charge >= 0.3 is 0 Å². The highest BCUT2D eigenvalue weighted by molar-refractivity contribution is 6.76. The number of fused-ring (bicyclic) bond motifs is 2. The topological polar surface area (TPSA) is 98.9 Å². The number of rotatable bonds is 8. The Labute approximate surface area is 226 Å². The third-order valence-corrected chi connectivity index (χ3v) is 8.57. The predicted molar refractivity (Wildman–Crippen MR) is 146 cm³/mol. The Kier molecular flexibility index (Phi) is 6.79. The number of anilines is 1. The normalized spacial score (nSPS) is 14.9. The van der Waals surface area contributed by atoms with E-state index in [1.807, 2.05) is 0 Å². The molecule has 4 heterocycles. The number of pyridine rings is 1. The Morgan fingerprint density at radius 1 is 1.13 bits per heavy atom. The van der Waals surface area contributed by atoms with Crippen molar-refractivity contribution in [3.8, 4) is 11.5 Å². The van der Waals surface area contributed by atoms with Crippen LogP contribution in [-0.2, 0) is 21.5 Å². The average molecular weight is 552 g/mol. The minimum absolute atomic E-state index is 0.0376. The van der Waals surface area contributed by atoms with Crippen molar-refractivity contribution in [3.63, 3.8) is 0 Å². The number of amides is 1. The molecule has 0 radical (unpaired) electrons. The second-order valence-corrected chi connectivity index (χ2v) is 17.2. The molecule has 1 aliphatic rings. The largest absolute Gasteiger partial charge is 0.361 e. The Balaban J connectivity index is 1.54. The minimum atomic E-state index is -1.30. The van der Waals surface area contributed by atoms with Gasteiger partial charge in [0, 0.05) is 20.2 Å². The van der Waals surface area contributed by atoms with E-state index in [0.717, 1.165) is 12.2 Å². The lowest BCUT2D eigenvalue weighted by atomic mass is 9.91. The molecule has 0 aliphatic carbocycles. The van der Waals surface area contributed by atoms with Gasteiger partial charge in [-0.25, -0.2) is 23.4 Å².